The molecule has 4 aromatic rings. The van der Waals surface area contributed by atoms with E-state index in [1.165, 1.54) is 23.3 Å². The molecule has 3 N–H and O–H groups in total. The van der Waals surface area contributed by atoms with Crippen molar-refractivity contribution < 1.29 is 9.59 Å². The van der Waals surface area contributed by atoms with Gasteiger partial charge in [-0.1, -0.05) is 24.3 Å². The van der Waals surface area contributed by atoms with E-state index >= 15 is 0 Å². The lowest BCUT2D eigenvalue weighted by Gasteiger charge is -2.14. The molecular formula is C32H32N4O2S. The molecule has 39 heavy (non-hydrogen) atoms. The van der Waals surface area contributed by atoms with E-state index in [4.69, 9.17) is 0 Å². The van der Waals surface area contributed by atoms with Crippen LogP contribution in [-0.2, 0) is 25.8 Å². The number of fused-ring (bicyclic) bond motifs is 1. The third kappa shape index (κ3) is 6.27. The van der Waals surface area contributed by atoms with Crippen LogP contribution in [0.4, 0.5) is 10.7 Å². The summed E-state index contributed by atoms with van der Waals surface area (Å²) in [4.78, 5) is 32.2. The van der Waals surface area contributed by atoms with Crippen molar-refractivity contribution in [1.29, 1.82) is 0 Å². The van der Waals surface area contributed by atoms with Gasteiger partial charge in [0.05, 0.1) is 5.56 Å². The van der Waals surface area contributed by atoms with Crippen LogP contribution in [-0.4, -0.2) is 22.8 Å². The maximum Gasteiger partial charge on any atom is 0.258 e. The smallest absolute Gasteiger partial charge is 0.258 e. The van der Waals surface area contributed by atoms with E-state index in [0.29, 0.717) is 22.2 Å². The predicted octanol–water partition coefficient (Wildman–Crippen LogP) is 6.37. The van der Waals surface area contributed by atoms with Gasteiger partial charge in [-0.05, 0) is 104 Å². The zero-order chi connectivity index (χ0) is 26.6. The van der Waals surface area contributed by atoms with Crippen LogP contribution in [0.2, 0.25) is 0 Å². The first-order valence-corrected chi connectivity index (χ1v) is 14.5. The van der Waals surface area contributed by atoms with Crippen molar-refractivity contribution in [2.45, 2.75) is 57.5 Å². The number of thiophene rings is 1. The maximum absolute atomic E-state index is 13.6. The molecular weight excluding hydrogens is 504 g/mol. The molecule has 2 aromatic heterocycles. The number of hydrogen-bond acceptors (Lipinski definition) is 5. The summed E-state index contributed by atoms with van der Waals surface area (Å²) in [5.74, 6) is -0.356. The number of carbonyl (C=O) groups excluding carboxylic acids is 2. The van der Waals surface area contributed by atoms with Gasteiger partial charge < -0.3 is 16.0 Å². The Morgan fingerprint density at radius 3 is 2.41 bits per heavy atom. The summed E-state index contributed by atoms with van der Waals surface area (Å²) in [6.45, 7) is 0.758. The number of carbonyl (C=O) groups is 2. The number of nitrogens with one attached hydrogen (secondary N) is 3. The van der Waals surface area contributed by atoms with Crippen molar-refractivity contribution in [1.82, 2.24) is 10.3 Å². The second-order valence-electron chi connectivity index (χ2n) is 10.4. The van der Waals surface area contributed by atoms with E-state index in [1.807, 2.05) is 60.7 Å². The van der Waals surface area contributed by atoms with Crippen molar-refractivity contribution in [2.75, 3.05) is 10.6 Å². The lowest BCUT2D eigenvalue weighted by atomic mass is 9.95. The highest BCUT2D eigenvalue weighted by Crippen LogP contribution is 2.39. The first kappa shape index (κ1) is 25.5. The molecule has 1 saturated carbocycles. The largest absolute Gasteiger partial charge is 0.322 e. The standard InChI is InChI=1S/C32H32N4O2S/c37-30(24-5-3-4-23(19-24)20-34-25-12-13-25)36-32-29(27-6-1-2-7-28(27)39-32)31(38)35-26-10-8-21(9-11-26)18-22-14-16-33-17-15-22/h3-5,8-11,14-17,19,25,34H,1-2,6-7,12-13,18,20H2,(H,35,38)(H,36,37). The average Bonchev–Trinajstić information content (AvgIpc) is 3.72. The van der Waals surface area contributed by atoms with Gasteiger partial charge in [-0.15, -0.1) is 11.3 Å². The van der Waals surface area contributed by atoms with Gasteiger partial charge >= 0.3 is 0 Å². The van der Waals surface area contributed by atoms with Gasteiger partial charge in [-0.2, -0.15) is 0 Å². The van der Waals surface area contributed by atoms with E-state index in [-0.39, 0.29) is 11.8 Å². The monoisotopic (exact) mass is 536 g/mol. The van der Waals surface area contributed by atoms with Gasteiger partial charge in [-0.3, -0.25) is 14.6 Å². The van der Waals surface area contributed by atoms with E-state index < -0.39 is 0 Å². The molecule has 0 aliphatic heterocycles. The highest BCUT2D eigenvalue weighted by atomic mass is 32.1. The van der Waals surface area contributed by atoms with Crippen molar-refractivity contribution in [3.8, 4) is 0 Å². The fraction of sp³-hybridized carbons (Fsp3) is 0.281. The minimum absolute atomic E-state index is 0.172. The van der Waals surface area contributed by atoms with E-state index in [0.717, 1.165) is 61.0 Å². The summed E-state index contributed by atoms with van der Waals surface area (Å²) >= 11 is 1.54. The number of aryl methyl sites for hydroxylation is 1. The second-order valence-corrected chi connectivity index (χ2v) is 11.5. The van der Waals surface area contributed by atoms with Crippen LogP contribution in [0.25, 0.3) is 0 Å². The molecule has 2 aliphatic carbocycles. The number of nitrogens with zero attached hydrogens (tertiary/aromatic N) is 1. The first-order valence-electron chi connectivity index (χ1n) is 13.7. The van der Waals surface area contributed by atoms with Gasteiger partial charge in [0.2, 0.25) is 0 Å². The summed E-state index contributed by atoms with van der Waals surface area (Å²) < 4.78 is 0. The number of benzene rings is 2. The number of amides is 2. The third-order valence-electron chi connectivity index (χ3n) is 7.36. The minimum atomic E-state index is -0.184. The second kappa shape index (κ2) is 11.5. The SMILES string of the molecule is O=C(Nc1sc2c(c1C(=O)Nc1ccc(Cc3ccncc3)cc1)CCCC2)c1cccc(CNC2CC2)c1. The molecule has 0 unspecified atom stereocenters. The molecule has 6 rings (SSSR count). The predicted molar refractivity (Wildman–Crippen MR) is 157 cm³/mol. The Balaban J connectivity index is 1.18. The summed E-state index contributed by atoms with van der Waals surface area (Å²) in [7, 11) is 0. The summed E-state index contributed by atoms with van der Waals surface area (Å²) in [6.07, 6.45) is 10.8. The normalized spacial score (nSPS) is 14.5. The van der Waals surface area contributed by atoms with E-state index in [9.17, 15) is 9.59 Å². The highest BCUT2D eigenvalue weighted by Gasteiger charge is 2.27. The van der Waals surface area contributed by atoms with Crippen molar-refractivity contribution in [2.24, 2.45) is 0 Å². The van der Waals surface area contributed by atoms with Crippen LogP contribution < -0.4 is 16.0 Å². The molecule has 6 nitrogen and oxygen atoms in total. The topological polar surface area (TPSA) is 83.1 Å². The van der Waals surface area contributed by atoms with Gasteiger partial charge in [-0.25, -0.2) is 0 Å². The summed E-state index contributed by atoms with van der Waals surface area (Å²) in [5, 5.41) is 10.3. The van der Waals surface area contributed by atoms with Gasteiger partial charge in [0.25, 0.3) is 11.8 Å². The van der Waals surface area contributed by atoms with Crippen LogP contribution >= 0.6 is 11.3 Å². The molecule has 2 heterocycles. The molecule has 0 saturated heterocycles. The lowest BCUT2D eigenvalue weighted by Crippen LogP contribution is -2.19. The Hall–Kier alpha value is -3.81. The van der Waals surface area contributed by atoms with Crippen LogP contribution in [0.15, 0.2) is 73.1 Å². The first-order chi connectivity index (χ1) is 19.1. The maximum atomic E-state index is 13.6. The fourth-order valence-electron chi connectivity index (χ4n) is 5.08. The van der Waals surface area contributed by atoms with Gasteiger partial charge in [0.1, 0.15) is 5.00 Å². The molecule has 0 spiro atoms. The molecule has 2 amide bonds. The van der Waals surface area contributed by atoms with Crippen molar-refractivity contribution in [3.05, 3.63) is 111 Å². The molecule has 2 aliphatic rings. The Labute approximate surface area is 232 Å². The number of aromatic nitrogens is 1. The zero-order valence-corrected chi connectivity index (χ0v) is 22.7. The van der Waals surface area contributed by atoms with Crippen molar-refractivity contribution in [3.63, 3.8) is 0 Å². The molecule has 2 aromatic carbocycles. The van der Waals surface area contributed by atoms with Crippen LogP contribution in [0.3, 0.4) is 0 Å². The molecule has 0 radical (unpaired) electrons. The number of pyridine rings is 1. The molecule has 7 heteroatoms. The number of anilines is 2. The van der Waals surface area contributed by atoms with Crippen LogP contribution in [0, 0.1) is 0 Å². The van der Waals surface area contributed by atoms with Crippen molar-refractivity contribution >= 4 is 33.8 Å². The molecule has 198 valence electrons. The molecule has 0 bridgehead atoms. The summed E-state index contributed by atoms with van der Waals surface area (Å²) in [5.41, 5.74) is 6.47. The van der Waals surface area contributed by atoms with Crippen LogP contribution in [0.1, 0.15) is 73.5 Å². The third-order valence-corrected chi connectivity index (χ3v) is 8.56. The van der Waals surface area contributed by atoms with E-state index in [2.05, 4.69) is 20.9 Å². The van der Waals surface area contributed by atoms with Crippen LogP contribution in [0.5, 0.6) is 0 Å². The molecule has 0 atom stereocenters. The van der Waals surface area contributed by atoms with Gasteiger partial charge in [0, 0.05) is 41.1 Å². The van der Waals surface area contributed by atoms with Gasteiger partial charge in [0.15, 0.2) is 0 Å². The lowest BCUT2D eigenvalue weighted by molar-refractivity contribution is 0.102. The van der Waals surface area contributed by atoms with E-state index in [1.54, 1.807) is 23.7 Å². The Bertz CT molecular complexity index is 1480. The summed E-state index contributed by atoms with van der Waals surface area (Å²) in [6, 6.07) is 20.3. The quantitative estimate of drug-likeness (QED) is 0.232. The Morgan fingerprint density at radius 1 is 0.846 bits per heavy atom. The minimum Gasteiger partial charge on any atom is -0.322 e. The number of hydrogen-bond donors (Lipinski definition) is 3. The Morgan fingerprint density at radius 2 is 1.62 bits per heavy atom. The number of rotatable bonds is 9. The Kier molecular flexibility index (Phi) is 7.52. The zero-order valence-electron chi connectivity index (χ0n) is 21.8. The average molecular weight is 537 g/mol. The highest BCUT2D eigenvalue weighted by molar-refractivity contribution is 7.17. The fourth-order valence-corrected chi connectivity index (χ4v) is 6.36. The molecule has 1 fully saturated rings.